The van der Waals surface area contributed by atoms with E-state index in [1.807, 2.05) is 74.2 Å². The standard InChI is InChI=1S/C29H28N4O3/c1-18-8-10-22-25(34)16-29(36-27(22)19(18)2)12-14-32(15-13-29)28(35)23-17-30-33(20(23)3)26-11-9-21-6-4-5-7-24(21)31-26/h4-11,17H,12-16H2,1-3H3. The van der Waals surface area contributed by atoms with Gasteiger partial charge in [-0.1, -0.05) is 24.3 Å². The van der Waals surface area contributed by atoms with Crippen molar-refractivity contribution in [3.63, 3.8) is 0 Å². The van der Waals surface area contributed by atoms with Crippen molar-refractivity contribution in [1.29, 1.82) is 0 Å². The predicted molar refractivity (Wildman–Crippen MR) is 137 cm³/mol. The highest BCUT2D eigenvalue weighted by Crippen LogP contribution is 2.42. The molecule has 1 amide bonds. The molecule has 0 aliphatic carbocycles. The third-order valence-corrected chi connectivity index (χ3v) is 7.78. The first-order chi connectivity index (χ1) is 17.3. The number of carbonyl (C=O) groups is 2. The maximum Gasteiger partial charge on any atom is 0.257 e. The molecule has 182 valence electrons. The molecule has 2 aromatic heterocycles. The van der Waals surface area contributed by atoms with Gasteiger partial charge in [0.1, 0.15) is 11.4 Å². The number of ketones is 1. The summed E-state index contributed by atoms with van der Waals surface area (Å²) in [5.41, 5.74) is 4.46. The van der Waals surface area contributed by atoms with Crippen molar-refractivity contribution in [3.05, 3.63) is 82.7 Å². The number of benzene rings is 2. The highest BCUT2D eigenvalue weighted by Gasteiger charge is 2.44. The number of pyridine rings is 1. The normalized spacial score (nSPS) is 16.8. The van der Waals surface area contributed by atoms with Gasteiger partial charge in [-0.2, -0.15) is 5.10 Å². The SMILES string of the molecule is Cc1ccc2c(c1C)OC1(CCN(C(=O)c3cnn(-c4ccc5ccccc5n4)c3C)CC1)CC2=O. The molecule has 0 saturated carbocycles. The van der Waals surface area contributed by atoms with Gasteiger partial charge in [0.25, 0.3) is 5.91 Å². The Kier molecular flexibility index (Phi) is 5.18. The van der Waals surface area contributed by atoms with Gasteiger partial charge in [-0.15, -0.1) is 0 Å². The van der Waals surface area contributed by atoms with Crippen LogP contribution in [0.5, 0.6) is 5.75 Å². The smallest absolute Gasteiger partial charge is 0.257 e. The summed E-state index contributed by atoms with van der Waals surface area (Å²) in [5, 5.41) is 5.54. The molecule has 1 spiro atoms. The highest BCUT2D eigenvalue weighted by molar-refractivity contribution is 6.01. The molecule has 1 fully saturated rings. The fourth-order valence-electron chi connectivity index (χ4n) is 5.37. The molecule has 36 heavy (non-hydrogen) atoms. The predicted octanol–water partition coefficient (Wildman–Crippen LogP) is 4.99. The van der Waals surface area contributed by atoms with Crippen LogP contribution >= 0.6 is 0 Å². The first kappa shape index (κ1) is 22.5. The van der Waals surface area contributed by atoms with Gasteiger partial charge in [-0.25, -0.2) is 9.67 Å². The molecular weight excluding hydrogens is 452 g/mol. The van der Waals surface area contributed by atoms with E-state index in [9.17, 15) is 9.59 Å². The van der Waals surface area contributed by atoms with Gasteiger partial charge in [-0.05, 0) is 56.2 Å². The van der Waals surface area contributed by atoms with Crippen molar-refractivity contribution in [3.8, 4) is 11.6 Å². The Labute approximate surface area is 209 Å². The van der Waals surface area contributed by atoms with Crippen molar-refractivity contribution in [2.24, 2.45) is 0 Å². The average molecular weight is 481 g/mol. The first-order valence-corrected chi connectivity index (χ1v) is 12.4. The molecule has 2 aliphatic heterocycles. The lowest BCUT2D eigenvalue weighted by atomic mass is 9.81. The maximum atomic E-state index is 13.5. The lowest BCUT2D eigenvalue weighted by Crippen LogP contribution is -2.52. The van der Waals surface area contributed by atoms with Gasteiger partial charge in [0, 0.05) is 31.3 Å². The molecule has 0 radical (unpaired) electrons. The summed E-state index contributed by atoms with van der Waals surface area (Å²) < 4.78 is 8.23. The van der Waals surface area contributed by atoms with Crippen molar-refractivity contribution in [2.75, 3.05) is 13.1 Å². The zero-order valence-electron chi connectivity index (χ0n) is 20.7. The lowest BCUT2D eigenvalue weighted by Gasteiger charge is -2.44. The number of nitrogens with zero attached hydrogens (tertiary/aromatic N) is 4. The summed E-state index contributed by atoms with van der Waals surface area (Å²) in [5.74, 6) is 1.47. The summed E-state index contributed by atoms with van der Waals surface area (Å²) >= 11 is 0. The number of amides is 1. The number of aromatic nitrogens is 3. The number of likely N-dealkylation sites (tertiary alicyclic amines) is 1. The summed E-state index contributed by atoms with van der Waals surface area (Å²) in [6, 6.07) is 15.7. The van der Waals surface area contributed by atoms with E-state index in [-0.39, 0.29) is 11.7 Å². The first-order valence-electron chi connectivity index (χ1n) is 12.4. The van der Waals surface area contributed by atoms with E-state index in [1.165, 1.54) is 0 Å². The van der Waals surface area contributed by atoms with E-state index in [0.29, 0.717) is 55.0 Å². The van der Waals surface area contributed by atoms with E-state index in [1.54, 1.807) is 10.9 Å². The Balaban J connectivity index is 1.21. The van der Waals surface area contributed by atoms with Gasteiger partial charge in [0.2, 0.25) is 0 Å². The number of rotatable bonds is 2. The van der Waals surface area contributed by atoms with E-state index >= 15 is 0 Å². The van der Waals surface area contributed by atoms with Crippen LogP contribution in [0.25, 0.3) is 16.7 Å². The third-order valence-electron chi connectivity index (χ3n) is 7.78. The van der Waals surface area contributed by atoms with E-state index in [2.05, 4.69) is 5.10 Å². The number of aryl methyl sites for hydroxylation is 1. The van der Waals surface area contributed by atoms with Crippen LogP contribution in [0.1, 0.15) is 56.8 Å². The monoisotopic (exact) mass is 480 g/mol. The topological polar surface area (TPSA) is 77.3 Å². The molecule has 6 rings (SSSR count). The Hall–Kier alpha value is -4.00. The van der Waals surface area contributed by atoms with Crippen LogP contribution in [0.4, 0.5) is 0 Å². The van der Waals surface area contributed by atoms with Crippen molar-refractivity contribution < 1.29 is 14.3 Å². The molecule has 0 unspecified atom stereocenters. The molecule has 4 aromatic rings. The zero-order valence-corrected chi connectivity index (χ0v) is 20.7. The van der Waals surface area contributed by atoms with Crippen LogP contribution in [0, 0.1) is 20.8 Å². The molecule has 0 atom stereocenters. The van der Waals surface area contributed by atoms with Gasteiger partial charge in [-0.3, -0.25) is 9.59 Å². The quantitative estimate of drug-likeness (QED) is 0.404. The fourth-order valence-corrected chi connectivity index (χ4v) is 5.37. The van der Waals surface area contributed by atoms with Crippen LogP contribution in [-0.2, 0) is 0 Å². The molecular formula is C29H28N4O3. The fraction of sp³-hybridized carbons (Fsp3) is 0.310. The second-order valence-electron chi connectivity index (χ2n) is 9.98. The number of carbonyl (C=O) groups excluding carboxylic acids is 2. The Morgan fingerprint density at radius 2 is 1.78 bits per heavy atom. The highest BCUT2D eigenvalue weighted by atomic mass is 16.5. The number of ether oxygens (including phenoxy) is 1. The molecule has 7 heteroatoms. The minimum absolute atomic E-state index is 0.0519. The second-order valence-corrected chi connectivity index (χ2v) is 9.98. The maximum absolute atomic E-state index is 13.5. The minimum atomic E-state index is -0.548. The molecule has 1 saturated heterocycles. The van der Waals surface area contributed by atoms with Gasteiger partial charge >= 0.3 is 0 Å². The van der Waals surface area contributed by atoms with Crippen LogP contribution in [0.3, 0.4) is 0 Å². The lowest BCUT2D eigenvalue weighted by molar-refractivity contribution is -0.00621. The summed E-state index contributed by atoms with van der Waals surface area (Å²) in [4.78, 5) is 33.0. The number of para-hydroxylation sites is 1. The summed E-state index contributed by atoms with van der Waals surface area (Å²) in [6.45, 7) is 7.00. The zero-order chi connectivity index (χ0) is 25.0. The number of fused-ring (bicyclic) bond motifs is 2. The molecule has 4 heterocycles. The van der Waals surface area contributed by atoms with E-state index in [0.717, 1.165) is 27.7 Å². The van der Waals surface area contributed by atoms with Crippen molar-refractivity contribution >= 4 is 22.6 Å². The molecule has 2 aromatic carbocycles. The van der Waals surface area contributed by atoms with Gasteiger partial charge in [0.05, 0.1) is 35.0 Å². The number of piperidine rings is 1. The summed E-state index contributed by atoms with van der Waals surface area (Å²) in [6.07, 6.45) is 3.23. The Morgan fingerprint density at radius 1 is 1.00 bits per heavy atom. The molecule has 0 N–H and O–H groups in total. The van der Waals surface area contributed by atoms with Crippen LogP contribution in [0.2, 0.25) is 0 Å². The van der Waals surface area contributed by atoms with E-state index in [4.69, 9.17) is 9.72 Å². The largest absolute Gasteiger partial charge is 0.486 e. The Bertz CT molecular complexity index is 1530. The Morgan fingerprint density at radius 3 is 2.58 bits per heavy atom. The van der Waals surface area contributed by atoms with E-state index < -0.39 is 5.60 Å². The average Bonchev–Trinajstić information content (AvgIpc) is 3.27. The summed E-state index contributed by atoms with van der Waals surface area (Å²) in [7, 11) is 0. The molecule has 0 bridgehead atoms. The van der Waals surface area contributed by atoms with Crippen molar-refractivity contribution in [1.82, 2.24) is 19.7 Å². The molecule has 2 aliphatic rings. The van der Waals surface area contributed by atoms with Crippen molar-refractivity contribution in [2.45, 2.75) is 45.6 Å². The van der Waals surface area contributed by atoms with Crippen LogP contribution < -0.4 is 4.74 Å². The number of Topliss-reactive ketones (excluding diaryl/α,β-unsaturated/α-hetero) is 1. The second kappa shape index (κ2) is 8.29. The van der Waals surface area contributed by atoms with Gasteiger partial charge < -0.3 is 9.64 Å². The van der Waals surface area contributed by atoms with Crippen LogP contribution in [-0.4, -0.2) is 50.0 Å². The number of hydrogen-bond acceptors (Lipinski definition) is 5. The minimum Gasteiger partial charge on any atom is -0.486 e. The molecule has 7 nitrogen and oxygen atoms in total. The van der Waals surface area contributed by atoms with Crippen LogP contribution in [0.15, 0.2) is 54.7 Å². The third kappa shape index (κ3) is 3.58. The van der Waals surface area contributed by atoms with Gasteiger partial charge in [0.15, 0.2) is 11.6 Å². The number of hydrogen-bond donors (Lipinski definition) is 0.